The second kappa shape index (κ2) is 14.5. The number of benzene rings is 9. The van der Waals surface area contributed by atoms with Gasteiger partial charge in [0.15, 0.2) is 5.82 Å². The van der Waals surface area contributed by atoms with Gasteiger partial charge in [-0.25, -0.2) is 9.97 Å². The maximum Gasteiger partial charge on any atom is 0.160 e. The van der Waals surface area contributed by atoms with Gasteiger partial charge < -0.3 is 4.42 Å². The van der Waals surface area contributed by atoms with Crippen molar-refractivity contribution >= 4 is 21.9 Å². The lowest BCUT2D eigenvalue weighted by molar-refractivity contribution is 0.669. The van der Waals surface area contributed by atoms with Crippen LogP contribution in [-0.2, 0) is 5.41 Å². The zero-order chi connectivity index (χ0) is 41.0. The maximum absolute atomic E-state index is 6.27. The van der Waals surface area contributed by atoms with Crippen LogP contribution in [0.4, 0.5) is 0 Å². The summed E-state index contributed by atoms with van der Waals surface area (Å²) in [6.07, 6.45) is 0. The van der Waals surface area contributed by atoms with E-state index in [0.717, 1.165) is 72.3 Å². The second-order valence-electron chi connectivity index (χ2n) is 16.1. The Kier molecular flexibility index (Phi) is 8.39. The number of fused-ring (bicyclic) bond motifs is 6. The zero-order valence-electron chi connectivity index (χ0n) is 33.7. The summed E-state index contributed by atoms with van der Waals surface area (Å²) >= 11 is 0. The Balaban J connectivity index is 0.998. The van der Waals surface area contributed by atoms with Crippen molar-refractivity contribution in [1.82, 2.24) is 9.97 Å². The molecule has 0 amide bonds. The number of hydrogen-bond donors (Lipinski definition) is 0. The molecule has 0 saturated heterocycles. The Hall–Kier alpha value is -8.14. The lowest BCUT2D eigenvalue weighted by atomic mass is 9.67. The van der Waals surface area contributed by atoms with Crippen molar-refractivity contribution in [2.24, 2.45) is 0 Å². The highest BCUT2D eigenvalue weighted by molar-refractivity contribution is 6.12. The first-order valence-corrected chi connectivity index (χ1v) is 21.1. The Morgan fingerprint density at radius 2 is 0.839 bits per heavy atom. The minimum Gasteiger partial charge on any atom is -0.456 e. The molecule has 0 aliphatic heterocycles. The molecule has 0 bridgehead atoms. The van der Waals surface area contributed by atoms with E-state index in [0.29, 0.717) is 5.82 Å². The molecule has 290 valence electrons. The Morgan fingerprint density at radius 3 is 1.58 bits per heavy atom. The Bertz CT molecular complexity index is 3420. The quantitative estimate of drug-likeness (QED) is 0.161. The summed E-state index contributed by atoms with van der Waals surface area (Å²) in [5.41, 5.74) is 18.2. The molecule has 0 unspecified atom stereocenters. The lowest BCUT2D eigenvalue weighted by Gasteiger charge is -2.34. The fourth-order valence-electron chi connectivity index (χ4n) is 9.80. The highest BCUT2D eigenvalue weighted by Crippen LogP contribution is 2.56. The van der Waals surface area contributed by atoms with E-state index in [2.05, 4.69) is 194 Å². The third kappa shape index (κ3) is 5.74. The average Bonchev–Trinajstić information content (AvgIpc) is 3.89. The van der Waals surface area contributed by atoms with E-state index in [9.17, 15) is 0 Å². The number of rotatable bonds is 7. The molecule has 3 nitrogen and oxygen atoms in total. The van der Waals surface area contributed by atoms with Crippen molar-refractivity contribution in [2.75, 3.05) is 0 Å². The van der Waals surface area contributed by atoms with Crippen molar-refractivity contribution in [1.29, 1.82) is 0 Å². The molecule has 62 heavy (non-hydrogen) atoms. The summed E-state index contributed by atoms with van der Waals surface area (Å²) in [5, 5.41) is 2.23. The first-order valence-electron chi connectivity index (χ1n) is 21.1. The molecule has 3 heteroatoms. The number of nitrogens with zero attached hydrogens (tertiary/aromatic N) is 2. The normalized spacial score (nSPS) is 12.6. The predicted octanol–water partition coefficient (Wildman–Crippen LogP) is 15.1. The van der Waals surface area contributed by atoms with Crippen LogP contribution in [0.25, 0.3) is 89.2 Å². The third-order valence-electron chi connectivity index (χ3n) is 12.6. The van der Waals surface area contributed by atoms with Gasteiger partial charge >= 0.3 is 0 Å². The molecule has 0 fully saturated rings. The van der Waals surface area contributed by atoms with Crippen LogP contribution in [0.2, 0.25) is 0 Å². The van der Waals surface area contributed by atoms with Gasteiger partial charge in [-0.3, -0.25) is 0 Å². The van der Waals surface area contributed by atoms with E-state index in [4.69, 9.17) is 14.4 Å². The standard InChI is InChI=1S/C59H38N2O/c1-4-17-39(18-5-1)58-60-53(38-54(61-58)44-22-15-20-42(36-44)47-29-16-32-56-57(47)50-28-11-13-31-55(50)62-56)43-21-14-19-40(35-43)41-33-34-49-48-27-10-12-30-51(48)59(52(49)37-41,45-23-6-2-7-24-45)46-25-8-3-9-26-46/h1-38H. The summed E-state index contributed by atoms with van der Waals surface area (Å²) in [7, 11) is 0. The van der Waals surface area contributed by atoms with Crippen LogP contribution < -0.4 is 0 Å². The van der Waals surface area contributed by atoms with Crippen LogP contribution in [0.1, 0.15) is 22.3 Å². The van der Waals surface area contributed by atoms with E-state index >= 15 is 0 Å². The van der Waals surface area contributed by atoms with Crippen LogP contribution in [-0.4, -0.2) is 9.97 Å². The van der Waals surface area contributed by atoms with Gasteiger partial charge in [0.1, 0.15) is 11.2 Å². The molecule has 0 saturated carbocycles. The van der Waals surface area contributed by atoms with Crippen molar-refractivity contribution in [3.05, 3.63) is 253 Å². The SMILES string of the molecule is c1ccc(-c2nc(-c3cccc(-c4ccc5c(c4)C(c4ccccc4)(c4ccccc4)c4ccccc4-5)c3)cc(-c3cccc(-c4cccc5oc6ccccc6c45)c3)n2)cc1. The molecule has 0 spiro atoms. The summed E-state index contributed by atoms with van der Waals surface area (Å²) < 4.78 is 6.27. The number of furan rings is 1. The molecule has 2 aromatic heterocycles. The molecular weight excluding hydrogens is 753 g/mol. The molecule has 11 aromatic rings. The van der Waals surface area contributed by atoms with Crippen LogP contribution in [0.5, 0.6) is 0 Å². The van der Waals surface area contributed by atoms with Gasteiger partial charge in [-0.05, 0) is 92.0 Å². The van der Waals surface area contributed by atoms with E-state index in [1.807, 2.05) is 36.4 Å². The molecular formula is C59H38N2O. The predicted molar refractivity (Wildman–Crippen MR) is 254 cm³/mol. The van der Waals surface area contributed by atoms with E-state index in [-0.39, 0.29) is 0 Å². The fourth-order valence-corrected chi connectivity index (χ4v) is 9.80. The van der Waals surface area contributed by atoms with Gasteiger partial charge in [-0.2, -0.15) is 0 Å². The molecule has 1 aliphatic rings. The average molecular weight is 791 g/mol. The van der Waals surface area contributed by atoms with Gasteiger partial charge in [-0.15, -0.1) is 0 Å². The first kappa shape index (κ1) is 35.8. The Morgan fingerprint density at radius 1 is 0.323 bits per heavy atom. The molecule has 9 aromatic carbocycles. The van der Waals surface area contributed by atoms with E-state index in [1.54, 1.807) is 0 Å². The maximum atomic E-state index is 6.27. The molecule has 1 aliphatic carbocycles. The van der Waals surface area contributed by atoms with Crippen molar-refractivity contribution in [3.63, 3.8) is 0 Å². The third-order valence-corrected chi connectivity index (χ3v) is 12.6. The largest absolute Gasteiger partial charge is 0.456 e. The van der Waals surface area contributed by atoms with Gasteiger partial charge in [0.25, 0.3) is 0 Å². The second-order valence-corrected chi connectivity index (χ2v) is 16.1. The smallest absolute Gasteiger partial charge is 0.160 e. The number of hydrogen-bond acceptors (Lipinski definition) is 3. The highest BCUT2D eigenvalue weighted by atomic mass is 16.3. The number of para-hydroxylation sites is 1. The van der Waals surface area contributed by atoms with Gasteiger partial charge in [0.2, 0.25) is 0 Å². The zero-order valence-corrected chi connectivity index (χ0v) is 33.7. The van der Waals surface area contributed by atoms with Crippen LogP contribution >= 0.6 is 0 Å². The van der Waals surface area contributed by atoms with Crippen molar-refractivity contribution in [2.45, 2.75) is 5.41 Å². The Labute approximate surface area is 360 Å². The van der Waals surface area contributed by atoms with Gasteiger partial charge in [0, 0.05) is 27.5 Å². The molecule has 0 N–H and O–H groups in total. The van der Waals surface area contributed by atoms with Crippen molar-refractivity contribution < 1.29 is 4.42 Å². The molecule has 2 heterocycles. The van der Waals surface area contributed by atoms with Crippen molar-refractivity contribution in [3.8, 4) is 67.3 Å². The van der Waals surface area contributed by atoms with E-state index in [1.165, 1.54) is 33.4 Å². The van der Waals surface area contributed by atoms with Crippen LogP contribution in [0.15, 0.2) is 235 Å². The molecule has 0 atom stereocenters. The van der Waals surface area contributed by atoms with Gasteiger partial charge in [-0.1, -0.05) is 194 Å². The topological polar surface area (TPSA) is 38.9 Å². The minimum absolute atomic E-state index is 0.473. The lowest BCUT2D eigenvalue weighted by Crippen LogP contribution is -2.28. The fraction of sp³-hybridized carbons (Fsp3) is 0.0169. The molecule has 12 rings (SSSR count). The highest BCUT2D eigenvalue weighted by Gasteiger charge is 2.46. The van der Waals surface area contributed by atoms with Gasteiger partial charge in [0.05, 0.1) is 16.8 Å². The minimum atomic E-state index is -0.473. The summed E-state index contributed by atoms with van der Waals surface area (Å²) in [6, 6.07) is 82.3. The first-order chi connectivity index (χ1) is 30.7. The van der Waals surface area contributed by atoms with E-state index < -0.39 is 5.41 Å². The summed E-state index contributed by atoms with van der Waals surface area (Å²) in [4.78, 5) is 10.5. The van der Waals surface area contributed by atoms with Crippen LogP contribution in [0.3, 0.4) is 0 Å². The monoisotopic (exact) mass is 790 g/mol. The number of aromatic nitrogens is 2. The summed E-state index contributed by atoms with van der Waals surface area (Å²) in [6.45, 7) is 0. The van der Waals surface area contributed by atoms with Crippen LogP contribution in [0, 0.1) is 0 Å². The summed E-state index contributed by atoms with van der Waals surface area (Å²) in [5.74, 6) is 0.683. The molecule has 0 radical (unpaired) electrons.